The number of hydrogen-bond donors (Lipinski definition) is 2. The highest BCUT2D eigenvalue weighted by Crippen LogP contribution is 2.20. The fourth-order valence-electron chi connectivity index (χ4n) is 0.885. The molecular formula is C9H14N2O2S. The molecule has 0 saturated heterocycles. The summed E-state index contributed by atoms with van der Waals surface area (Å²) < 4.78 is 0. The Morgan fingerprint density at radius 3 is 2.71 bits per heavy atom. The van der Waals surface area contributed by atoms with Crippen LogP contribution in [-0.4, -0.2) is 28.5 Å². The van der Waals surface area contributed by atoms with Crippen LogP contribution in [0.25, 0.3) is 0 Å². The molecule has 78 valence electrons. The Hall–Kier alpha value is -0.940. The minimum atomic E-state index is -0.777. The molecule has 1 heterocycles. The van der Waals surface area contributed by atoms with Crippen molar-refractivity contribution in [2.45, 2.75) is 26.4 Å². The molecule has 1 rings (SSSR count). The van der Waals surface area contributed by atoms with Crippen LogP contribution in [0.3, 0.4) is 0 Å². The van der Waals surface area contributed by atoms with Crippen LogP contribution in [0.5, 0.6) is 0 Å². The molecule has 0 bridgehead atoms. The van der Waals surface area contributed by atoms with E-state index >= 15 is 0 Å². The fraction of sp³-hybridized carbons (Fsp3) is 0.556. The Morgan fingerprint density at radius 2 is 2.29 bits per heavy atom. The lowest BCUT2D eigenvalue weighted by molar-refractivity contribution is 0.0945. The second-order valence-electron chi connectivity index (χ2n) is 3.75. The molecule has 0 aromatic carbocycles. The average Bonchev–Trinajstić information content (AvgIpc) is 2.42. The molecule has 0 radical (unpaired) electrons. The van der Waals surface area contributed by atoms with E-state index in [9.17, 15) is 9.90 Å². The van der Waals surface area contributed by atoms with Gasteiger partial charge in [0.05, 0.1) is 16.2 Å². The SMILES string of the molecule is Cc1nc(NCC(C)(C)O)sc1C=O. The topological polar surface area (TPSA) is 62.2 Å². The van der Waals surface area contributed by atoms with Crippen LogP contribution in [0.1, 0.15) is 29.2 Å². The van der Waals surface area contributed by atoms with Crippen molar-refractivity contribution in [1.29, 1.82) is 0 Å². The van der Waals surface area contributed by atoms with Gasteiger partial charge in [-0.15, -0.1) is 0 Å². The number of nitrogens with one attached hydrogen (secondary N) is 1. The molecule has 0 aliphatic heterocycles. The number of hydrogen-bond acceptors (Lipinski definition) is 5. The highest BCUT2D eigenvalue weighted by Gasteiger charge is 2.13. The Kier molecular flexibility index (Phi) is 3.23. The van der Waals surface area contributed by atoms with Crippen LogP contribution < -0.4 is 5.32 Å². The molecule has 14 heavy (non-hydrogen) atoms. The minimum Gasteiger partial charge on any atom is -0.389 e. The number of carbonyl (C=O) groups excluding carboxylic acids is 1. The zero-order chi connectivity index (χ0) is 10.8. The van der Waals surface area contributed by atoms with Gasteiger partial charge in [0.2, 0.25) is 0 Å². The highest BCUT2D eigenvalue weighted by atomic mass is 32.1. The van der Waals surface area contributed by atoms with Crippen molar-refractivity contribution in [3.63, 3.8) is 0 Å². The summed E-state index contributed by atoms with van der Waals surface area (Å²) in [6.45, 7) is 5.62. The maximum atomic E-state index is 10.5. The van der Waals surface area contributed by atoms with Gasteiger partial charge < -0.3 is 10.4 Å². The summed E-state index contributed by atoms with van der Waals surface area (Å²) in [5.41, 5.74) is -0.0516. The third-order valence-corrected chi connectivity index (χ3v) is 2.65. The molecule has 5 heteroatoms. The Morgan fingerprint density at radius 1 is 1.64 bits per heavy atom. The van der Waals surface area contributed by atoms with E-state index < -0.39 is 5.60 Å². The number of aldehydes is 1. The van der Waals surface area contributed by atoms with Crippen molar-refractivity contribution in [3.05, 3.63) is 10.6 Å². The van der Waals surface area contributed by atoms with E-state index in [-0.39, 0.29) is 0 Å². The molecule has 1 aromatic rings. The van der Waals surface area contributed by atoms with E-state index in [1.54, 1.807) is 20.8 Å². The summed E-state index contributed by atoms with van der Waals surface area (Å²) in [5.74, 6) is 0. The Bertz CT molecular complexity index is 328. The first-order valence-corrected chi connectivity index (χ1v) is 5.13. The first-order chi connectivity index (χ1) is 6.42. The van der Waals surface area contributed by atoms with Crippen molar-refractivity contribution in [2.24, 2.45) is 0 Å². The smallest absolute Gasteiger partial charge is 0.183 e. The van der Waals surface area contributed by atoms with Gasteiger partial charge in [0, 0.05) is 6.54 Å². The molecule has 2 N–H and O–H groups in total. The number of aliphatic hydroxyl groups is 1. The van der Waals surface area contributed by atoms with E-state index in [0.717, 1.165) is 12.0 Å². The molecule has 0 atom stereocenters. The summed E-state index contributed by atoms with van der Waals surface area (Å²) in [6, 6.07) is 0. The van der Waals surface area contributed by atoms with Crippen LogP contribution in [0.2, 0.25) is 0 Å². The zero-order valence-corrected chi connectivity index (χ0v) is 9.31. The van der Waals surface area contributed by atoms with E-state index in [2.05, 4.69) is 10.3 Å². The fourth-order valence-corrected chi connectivity index (χ4v) is 1.66. The normalized spacial score (nSPS) is 11.4. The van der Waals surface area contributed by atoms with E-state index in [1.165, 1.54) is 11.3 Å². The second kappa shape index (κ2) is 4.06. The zero-order valence-electron chi connectivity index (χ0n) is 8.50. The molecule has 1 aromatic heterocycles. The second-order valence-corrected chi connectivity index (χ2v) is 4.78. The van der Waals surface area contributed by atoms with Gasteiger partial charge in [-0.25, -0.2) is 4.98 Å². The van der Waals surface area contributed by atoms with Crippen molar-refractivity contribution < 1.29 is 9.90 Å². The van der Waals surface area contributed by atoms with Crippen molar-refractivity contribution in [3.8, 4) is 0 Å². The summed E-state index contributed by atoms with van der Waals surface area (Å²) in [7, 11) is 0. The summed E-state index contributed by atoms with van der Waals surface area (Å²) in [6.07, 6.45) is 0.794. The summed E-state index contributed by atoms with van der Waals surface area (Å²) in [4.78, 5) is 15.3. The maximum absolute atomic E-state index is 10.5. The number of aryl methyl sites for hydroxylation is 1. The highest BCUT2D eigenvalue weighted by molar-refractivity contribution is 7.17. The number of carbonyl (C=O) groups is 1. The largest absolute Gasteiger partial charge is 0.389 e. The molecule has 0 fully saturated rings. The lowest BCUT2D eigenvalue weighted by Gasteiger charge is -2.16. The van der Waals surface area contributed by atoms with Gasteiger partial charge in [-0.05, 0) is 20.8 Å². The van der Waals surface area contributed by atoms with Crippen LogP contribution in [-0.2, 0) is 0 Å². The van der Waals surface area contributed by atoms with Crippen LogP contribution in [0.15, 0.2) is 0 Å². The molecule has 0 amide bonds. The standard InChI is InChI=1S/C9H14N2O2S/c1-6-7(4-12)14-8(11-6)10-5-9(2,3)13/h4,13H,5H2,1-3H3,(H,10,11). The first-order valence-electron chi connectivity index (χ1n) is 4.31. The summed E-state index contributed by atoms with van der Waals surface area (Å²) in [5, 5.41) is 13.1. The quantitative estimate of drug-likeness (QED) is 0.745. The molecule has 0 aliphatic rings. The Balaban J connectivity index is 2.64. The number of thiazole rings is 1. The van der Waals surface area contributed by atoms with Crippen LogP contribution in [0.4, 0.5) is 5.13 Å². The van der Waals surface area contributed by atoms with Crippen LogP contribution in [0, 0.1) is 6.92 Å². The minimum absolute atomic E-state index is 0.415. The van der Waals surface area contributed by atoms with Gasteiger partial charge >= 0.3 is 0 Å². The molecule has 0 unspecified atom stereocenters. The molecule has 0 saturated carbocycles. The van der Waals surface area contributed by atoms with Gasteiger partial charge in [-0.2, -0.15) is 0 Å². The van der Waals surface area contributed by atoms with Crippen molar-refractivity contribution >= 4 is 22.8 Å². The maximum Gasteiger partial charge on any atom is 0.183 e. The lowest BCUT2D eigenvalue weighted by atomic mass is 10.1. The summed E-state index contributed by atoms with van der Waals surface area (Å²) >= 11 is 1.30. The average molecular weight is 214 g/mol. The van der Waals surface area contributed by atoms with E-state index in [0.29, 0.717) is 16.6 Å². The predicted molar refractivity (Wildman–Crippen MR) is 57.0 cm³/mol. The van der Waals surface area contributed by atoms with Gasteiger partial charge in [-0.3, -0.25) is 4.79 Å². The molecule has 0 spiro atoms. The van der Waals surface area contributed by atoms with Gasteiger partial charge in [0.25, 0.3) is 0 Å². The number of nitrogens with zero attached hydrogens (tertiary/aromatic N) is 1. The van der Waals surface area contributed by atoms with E-state index in [4.69, 9.17) is 0 Å². The molecular weight excluding hydrogens is 200 g/mol. The van der Waals surface area contributed by atoms with Gasteiger partial charge in [-0.1, -0.05) is 11.3 Å². The molecule has 0 aliphatic carbocycles. The number of rotatable bonds is 4. The monoisotopic (exact) mass is 214 g/mol. The van der Waals surface area contributed by atoms with E-state index in [1.807, 2.05) is 0 Å². The third-order valence-electron chi connectivity index (χ3n) is 1.61. The third kappa shape index (κ3) is 3.08. The van der Waals surface area contributed by atoms with Crippen molar-refractivity contribution in [2.75, 3.05) is 11.9 Å². The first kappa shape index (κ1) is 11.1. The van der Waals surface area contributed by atoms with Crippen molar-refractivity contribution in [1.82, 2.24) is 4.98 Å². The lowest BCUT2D eigenvalue weighted by Crippen LogP contribution is -2.29. The predicted octanol–water partition coefficient (Wildman–Crippen LogP) is 1.45. The molecule has 4 nitrogen and oxygen atoms in total. The number of aromatic nitrogens is 1. The Labute approximate surface area is 87.0 Å². The number of anilines is 1. The van der Waals surface area contributed by atoms with Crippen LogP contribution >= 0.6 is 11.3 Å². The van der Waals surface area contributed by atoms with Gasteiger partial charge in [0.1, 0.15) is 0 Å². The van der Waals surface area contributed by atoms with Gasteiger partial charge in [0.15, 0.2) is 11.4 Å².